The highest BCUT2D eigenvalue weighted by atomic mass is 16.5. The van der Waals surface area contributed by atoms with Crippen molar-refractivity contribution in [2.45, 2.75) is 13.1 Å². The Hall–Kier alpha value is -2.34. The van der Waals surface area contributed by atoms with Gasteiger partial charge in [0.1, 0.15) is 5.82 Å². The number of carbonyl (C=O) groups is 1. The molecule has 122 valence electrons. The van der Waals surface area contributed by atoms with Crippen LogP contribution in [0.15, 0.2) is 42.7 Å². The number of carbonyl (C=O) groups excluding carboxylic acids is 1. The minimum atomic E-state index is -0.241. The summed E-state index contributed by atoms with van der Waals surface area (Å²) in [6.07, 6.45) is 3.63. The van der Waals surface area contributed by atoms with Crippen LogP contribution in [0.4, 0.5) is 4.79 Å². The number of benzene rings is 1. The Balaban J connectivity index is 1.57. The van der Waals surface area contributed by atoms with Crippen LogP contribution in [0, 0.1) is 0 Å². The van der Waals surface area contributed by atoms with Gasteiger partial charge >= 0.3 is 6.09 Å². The van der Waals surface area contributed by atoms with Gasteiger partial charge in [-0.2, -0.15) is 0 Å². The minimum Gasteiger partial charge on any atom is -0.453 e. The molecule has 0 saturated carbocycles. The number of rotatable bonds is 4. The third-order valence-electron chi connectivity index (χ3n) is 4.17. The Kier molecular flexibility index (Phi) is 4.92. The molecule has 1 aromatic heterocycles. The van der Waals surface area contributed by atoms with Crippen LogP contribution in [-0.2, 0) is 17.8 Å². The molecule has 0 bridgehead atoms. The molecule has 1 aliphatic heterocycles. The molecular formula is C17H22N4O2. The molecule has 6 nitrogen and oxygen atoms in total. The lowest BCUT2D eigenvalue weighted by Gasteiger charge is -2.33. The Bertz CT molecular complexity index is 633. The number of hydrogen-bond donors (Lipinski definition) is 0. The van der Waals surface area contributed by atoms with E-state index in [4.69, 9.17) is 4.74 Å². The summed E-state index contributed by atoms with van der Waals surface area (Å²) in [7, 11) is 1.43. The van der Waals surface area contributed by atoms with Crippen molar-refractivity contribution in [2.75, 3.05) is 33.3 Å². The van der Waals surface area contributed by atoms with Gasteiger partial charge in [0, 0.05) is 45.1 Å². The first-order valence-electron chi connectivity index (χ1n) is 7.85. The zero-order valence-electron chi connectivity index (χ0n) is 13.4. The summed E-state index contributed by atoms with van der Waals surface area (Å²) in [6, 6.07) is 10.4. The molecule has 1 fully saturated rings. The number of ether oxygens (including phenoxy) is 1. The molecule has 0 spiro atoms. The SMILES string of the molecule is COC(=O)N1CCN(Cc2nccn2Cc2ccccc2)CC1. The molecule has 0 N–H and O–H groups in total. The molecular weight excluding hydrogens is 292 g/mol. The molecule has 1 amide bonds. The molecule has 0 atom stereocenters. The summed E-state index contributed by atoms with van der Waals surface area (Å²) < 4.78 is 6.95. The van der Waals surface area contributed by atoms with Gasteiger partial charge in [0.05, 0.1) is 13.7 Å². The summed E-state index contributed by atoms with van der Waals surface area (Å²) >= 11 is 0. The molecule has 2 aromatic rings. The van der Waals surface area contributed by atoms with Crippen LogP contribution in [0.25, 0.3) is 0 Å². The number of piperazine rings is 1. The average molecular weight is 314 g/mol. The van der Waals surface area contributed by atoms with E-state index in [0.29, 0.717) is 13.1 Å². The maximum absolute atomic E-state index is 11.5. The number of nitrogens with zero attached hydrogens (tertiary/aromatic N) is 4. The Labute approximate surface area is 136 Å². The number of imidazole rings is 1. The van der Waals surface area contributed by atoms with Gasteiger partial charge in [0.25, 0.3) is 0 Å². The Morgan fingerprint density at radius 3 is 2.57 bits per heavy atom. The number of amides is 1. The fraction of sp³-hybridized carbons (Fsp3) is 0.412. The molecule has 0 unspecified atom stereocenters. The van der Waals surface area contributed by atoms with Gasteiger partial charge < -0.3 is 14.2 Å². The molecule has 1 aliphatic rings. The van der Waals surface area contributed by atoms with Crippen LogP contribution in [0.5, 0.6) is 0 Å². The molecule has 0 radical (unpaired) electrons. The van der Waals surface area contributed by atoms with Crippen molar-refractivity contribution in [1.82, 2.24) is 19.4 Å². The zero-order chi connectivity index (χ0) is 16.1. The van der Waals surface area contributed by atoms with Crippen LogP contribution in [0.2, 0.25) is 0 Å². The standard InChI is InChI=1S/C17H22N4O2/c1-23-17(22)20-11-9-19(10-12-20)14-16-18-7-8-21(16)13-15-5-3-2-4-6-15/h2-8H,9-14H2,1H3. The van der Waals surface area contributed by atoms with Crippen molar-refractivity contribution < 1.29 is 9.53 Å². The van der Waals surface area contributed by atoms with Crippen molar-refractivity contribution >= 4 is 6.09 Å². The first-order chi connectivity index (χ1) is 11.3. The number of hydrogen-bond acceptors (Lipinski definition) is 4. The molecule has 6 heteroatoms. The number of methoxy groups -OCH3 is 1. The average Bonchev–Trinajstić information content (AvgIpc) is 3.02. The predicted octanol–water partition coefficient (Wildman–Crippen LogP) is 1.82. The van der Waals surface area contributed by atoms with Crippen LogP contribution in [-0.4, -0.2) is 58.7 Å². The van der Waals surface area contributed by atoms with E-state index in [0.717, 1.165) is 32.0 Å². The van der Waals surface area contributed by atoms with E-state index in [1.165, 1.54) is 12.7 Å². The summed E-state index contributed by atoms with van der Waals surface area (Å²) in [6.45, 7) is 4.71. The third-order valence-corrected chi connectivity index (χ3v) is 4.17. The molecule has 1 saturated heterocycles. The maximum Gasteiger partial charge on any atom is 0.409 e. The predicted molar refractivity (Wildman–Crippen MR) is 87.0 cm³/mol. The van der Waals surface area contributed by atoms with Gasteiger partial charge in [-0.3, -0.25) is 4.90 Å². The van der Waals surface area contributed by atoms with Crippen LogP contribution >= 0.6 is 0 Å². The van der Waals surface area contributed by atoms with Gasteiger partial charge in [-0.15, -0.1) is 0 Å². The smallest absolute Gasteiger partial charge is 0.409 e. The monoisotopic (exact) mass is 314 g/mol. The van der Waals surface area contributed by atoms with Crippen molar-refractivity contribution in [2.24, 2.45) is 0 Å². The zero-order valence-corrected chi connectivity index (χ0v) is 13.4. The molecule has 0 aliphatic carbocycles. The summed E-state index contributed by atoms with van der Waals surface area (Å²) in [4.78, 5) is 20.1. The number of aromatic nitrogens is 2. The van der Waals surface area contributed by atoms with E-state index in [2.05, 4.69) is 38.7 Å². The van der Waals surface area contributed by atoms with E-state index in [9.17, 15) is 4.79 Å². The molecule has 23 heavy (non-hydrogen) atoms. The van der Waals surface area contributed by atoms with Gasteiger partial charge in [-0.05, 0) is 5.56 Å². The van der Waals surface area contributed by atoms with Crippen molar-refractivity contribution in [3.63, 3.8) is 0 Å². The lowest BCUT2D eigenvalue weighted by Crippen LogP contribution is -2.48. The fourth-order valence-electron chi connectivity index (χ4n) is 2.83. The Morgan fingerprint density at radius 2 is 1.87 bits per heavy atom. The van der Waals surface area contributed by atoms with Gasteiger partial charge in [-0.1, -0.05) is 30.3 Å². The highest BCUT2D eigenvalue weighted by Gasteiger charge is 2.22. The Morgan fingerprint density at radius 1 is 1.13 bits per heavy atom. The largest absolute Gasteiger partial charge is 0.453 e. The van der Waals surface area contributed by atoms with E-state index >= 15 is 0 Å². The fourth-order valence-corrected chi connectivity index (χ4v) is 2.83. The first kappa shape index (κ1) is 15.6. The van der Waals surface area contributed by atoms with Crippen molar-refractivity contribution in [3.8, 4) is 0 Å². The lowest BCUT2D eigenvalue weighted by molar-refractivity contribution is 0.0877. The van der Waals surface area contributed by atoms with E-state index in [1.54, 1.807) is 4.90 Å². The summed E-state index contributed by atoms with van der Waals surface area (Å²) in [5.41, 5.74) is 1.27. The lowest BCUT2D eigenvalue weighted by atomic mass is 10.2. The van der Waals surface area contributed by atoms with Crippen molar-refractivity contribution in [3.05, 3.63) is 54.1 Å². The second-order valence-electron chi connectivity index (χ2n) is 5.69. The molecule has 1 aromatic carbocycles. The van der Waals surface area contributed by atoms with Crippen molar-refractivity contribution in [1.29, 1.82) is 0 Å². The van der Waals surface area contributed by atoms with Gasteiger partial charge in [0.2, 0.25) is 0 Å². The van der Waals surface area contributed by atoms with E-state index in [-0.39, 0.29) is 6.09 Å². The van der Waals surface area contributed by atoms with Crippen LogP contribution in [0.3, 0.4) is 0 Å². The summed E-state index contributed by atoms with van der Waals surface area (Å²) in [5.74, 6) is 1.06. The highest BCUT2D eigenvalue weighted by Crippen LogP contribution is 2.10. The van der Waals surface area contributed by atoms with E-state index < -0.39 is 0 Å². The van der Waals surface area contributed by atoms with E-state index in [1.807, 2.05) is 18.5 Å². The molecule has 3 rings (SSSR count). The first-order valence-corrected chi connectivity index (χ1v) is 7.85. The van der Waals surface area contributed by atoms with Gasteiger partial charge in [-0.25, -0.2) is 9.78 Å². The molecule has 2 heterocycles. The van der Waals surface area contributed by atoms with Crippen LogP contribution < -0.4 is 0 Å². The quantitative estimate of drug-likeness (QED) is 0.864. The summed E-state index contributed by atoms with van der Waals surface area (Å²) in [5, 5.41) is 0. The van der Waals surface area contributed by atoms with Crippen LogP contribution in [0.1, 0.15) is 11.4 Å². The third kappa shape index (κ3) is 3.90. The topological polar surface area (TPSA) is 50.6 Å². The minimum absolute atomic E-state index is 0.241. The normalized spacial score (nSPS) is 15.6. The second kappa shape index (κ2) is 7.28. The van der Waals surface area contributed by atoms with Gasteiger partial charge in [0.15, 0.2) is 0 Å². The maximum atomic E-state index is 11.5. The second-order valence-corrected chi connectivity index (χ2v) is 5.69. The highest BCUT2D eigenvalue weighted by molar-refractivity contribution is 5.67.